The first-order chi connectivity index (χ1) is 15.5. The number of carbonyl (C=O) groups is 1. The summed E-state index contributed by atoms with van der Waals surface area (Å²) in [7, 11) is 0. The van der Waals surface area contributed by atoms with Crippen LogP contribution in [-0.2, 0) is 18.0 Å². The number of ether oxygens (including phenoxy) is 4. The van der Waals surface area contributed by atoms with Crippen molar-refractivity contribution in [3.8, 4) is 17.2 Å². The highest BCUT2D eigenvalue weighted by Gasteiger charge is 2.30. The molecule has 0 atom stereocenters. The van der Waals surface area contributed by atoms with Gasteiger partial charge in [-0.1, -0.05) is 35.3 Å². The Morgan fingerprint density at radius 3 is 2.78 bits per heavy atom. The molecule has 0 bridgehead atoms. The van der Waals surface area contributed by atoms with E-state index in [1.54, 1.807) is 30.3 Å². The number of allylic oxidation sites excluding steroid dienone is 1. The summed E-state index contributed by atoms with van der Waals surface area (Å²) in [5.41, 5.74) is 3.75. The fraction of sp³-hybridized carbons (Fsp3) is 0.160. The lowest BCUT2D eigenvalue weighted by molar-refractivity contribution is -0.0175. The van der Waals surface area contributed by atoms with Crippen LogP contribution in [-0.4, -0.2) is 12.6 Å². The second kappa shape index (κ2) is 8.51. The molecule has 2 aliphatic heterocycles. The number of benzene rings is 3. The molecule has 2 aliphatic rings. The number of fused-ring (bicyclic) bond motifs is 2. The van der Waals surface area contributed by atoms with E-state index in [0.717, 1.165) is 28.0 Å². The zero-order chi connectivity index (χ0) is 22.2. The van der Waals surface area contributed by atoms with Gasteiger partial charge >= 0.3 is 0 Å². The van der Waals surface area contributed by atoms with Gasteiger partial charge < -0.3 is 18.9 Å². The van der Waals surface area contributed by atoms with Crippen molar-refractivity contribution in [2.45, 2.75) is 20.1 Å². The van der Waals surface area contributed by atoms with Gasteiger partial charge in [-0.3, -0.25) is 4.79 Å². The zero-order valence-corrected chi connectivity index (χ0v) is 18.6. The molecule has 5 rings (SSSR count). The van der Waals surface area contributed by atoms with Gasteiger partial charge in [0.1, 0.15) is 23.9 Å². The van der Waals surface area contributed by atoms with Gasteiger partial charge in [0, 0.05) is 26.7 Å². The van der Waals surface area contributed by atoms with Gasteiger partial charge in [-0.15, -0.1) is 0 Å². The first-order valence-electron chi connectivity index (χ1n) is 9.97. The highest BCUT2D eigenvalue weighted by molar-refractivity contribution is 6.31. The van der Waals surface area contributed by atoms with Gasteiger partial charge in [0.2, 0.25) is 5.78 Å². The SMILES string of the molecule is Cc1c(OCc2cc(Cl)cc3c2OCOC3)ccc2c1O/C(=C\c1cccc(Cl)c1)C2=O. The molecule has 0 unspecified atom stereocenters. The van der Waals surface area contributed by atoms with Crippen LogP contribution >= 0.6 is 23.2 Å². The maximum atomic E-state index is 12.8. The molecule has 0 N–H and O–H groups in total. The quantitative estimate of drug-likeness (QED) is 0.416. The van der Waals surface area contributed by atoms with E-state index in [-0.39, 0.29) is 24.9 Å². The van der Waals surface area contributed by atoms with E-state index in [1.807, 2.05) is 31.2 Å². The third kappa shape index (κ3) is 3.95. The Balaban J connectivity index is 1.40. The molecule has 0 aromatic heterocycles. The molecule has 3 aromatic carbocycles. The van der Waals surface area contributed by atoms with Crippen molar-refractivity contribution in [2.75, 3.05) is 6.79 Å². The molecular weight excluding hydrogens is 451 g/mol. The highest BCUT2D eigenvalue weighted by Crippen LogP contribution is 2.40. The lowest BCUT2D eigenvalue weighted by atomic mass is 10.1. The fourth-order valence-electron chi connectivity index (χ4n) is 3.79. The molecule has 0 amide bonds. The molecule has 162 valence electrons. The third-order valence-corrected chi connectivity index (χ3v) is 5.77. The number of carbonyl (C=O) groups excluding carboxylic acids is 1. The monoisotopic (exact) mass is 468 g/mol. The van der Waals surface area contributed by atoms with Crippen LogP contribution in [0.1, 0.15) is 32.6 Å². The summed E-state index contributed by atoms with van der Waals surface area (Å²) in [4.78, 5) is 12.8. The lowest BCUT2D eigenvalue weighted by Crippen LogP contribution is -2.14. The Labute approximate surface area is 195 Å². The van der Waals surface area contributed by atoms with Crippen molar-refractivity contribution in [3.63, 3.8) is 0 Å². The van der Waals surface area contributed by atoms with E-state index in [9.17, 15) is 4.79 Å². The molecule has 0 spiro atoms. The van der Waals surface area contributed by atoms with Crippen LogP contribution in [0.15, 0.2) is 54.3 Å². The maximum absolute atomic E-state index is 12.8. The molecule has 32 heavy (non-hydrogen) atoms. The number of hydrogen-bond acceptors (Lipinski definition) is 5. The summed E-state index contributed by atoms with van der Waals surface area (Å²) in [6, 6.07) is 14.4. The highest BCUT2D eigenvalue weighted by atomic mass is 35.5. The number of hydrogen-bond donors (Lipinski definition) is 0. The van der Waals surface area contributed by atoms with Gasteiger partial charge in [-0.25, -0.2) is 0 Å². The van der Waals surface area contributed by atoms with Crippen LogP contribution in [0.3, 0.4) is 0 Å². The molecule has 2 heterocycles. The number of Topliss-reactive ketones (excluding diaryl/α,β-unsaturated/α-hetero) is 1. The summed E-state index contributed by atoms with van der Waals surface area (Å²) >= 11 is 12.3. The average Bonchev–Trinajstić information content (AvgIpc) is 3.09. The predicted molar refractivity (Wildman–Crippen MR) is 122 cm³/mol. The summed E-state index contributed by atoms with van der Waals surface area (Å²) in [5, 5.41) is 1.18. The Bertz CT molecular complexity index is 1270. The minimum Gasteiger partial charge on any atom is -0.488 e. The second-order valence-electron chi connectivity index (χ2n) is 7.51. The molecule has 5 nitrogen and oxygen atoms in total. The molecular formula is C25H18Cl2O5. The standard InChI is InChI=1S/C25H18Cl2O5/c1-14-21(30-12-17-10-19(27)9-16-11-29-13-31-25(16)17)6-5-20-23(28)22(32-24(14)20)8-15-3-2-4-18(26)7-15/h2-10H,11-13H2,1H3/b22-8-. The van der Waals surface area contributed by atoms with Crippen LogP contribution in [0.25, 0.3) is 6.08 Å². The minimum atomic E-state index is -0.174. The Hall–Kier alpha value is -2.99. The maximum Gasteiger partial charge on any atom is 0.231 e. The molecule has 0 saturated heterocycles. The van der Waals surface area contributed by atoms with Crippen LogP contribution in [0.2, 0.25) is 10.0 Å². The first-order valence-corrected chi connectivity index (χ1v) is 10.7. The molecule has 0 fully saturated rings. The third-order valence-electron chi connectivity index (χ3n) is 5.32. The number of halogens is 2. The topological polar surface area (TPSA) is 54.0 Å². The van der Waals surface area contributed by atoms with E-state index in [2.05, 4.69) is 0 Å². The largest absolute Gasteiger partial charge is 0.488 e. The summed E-state index contributed by atoms with van der Waals surface area (Å²) in [6.45, 7) is 2.75. The van der Waals surface area contributed by atoms with Gasteiger partial charge in [0.25, 0.3) is 0 Å². The summed E-state index contributed by atoms with van der Waals surface area (Å²) in [6.07, 6.45) is 1.69. The van der Waals surface area contributed by atoms with Crippen LogP contribution in [0.4, 0.5) is 0 Å². The Morgan fingerprint density at radius 2 is 1.94 bits per heavy atom. The van der Waals surface area contributed by atoms with E-state index >= 15 is 0 Å². The zero-order valence-electron chi connectivity index (χ0n) is 17.1. The summed E-state index contributed by atoms with van der Waals surface area (Å²) in [5.74, 6) is 1.92. The minimum absolute atomic E-state index is 0.174. The Morgan fingerprint density at radius 1 is 1.06 bits per heavy atom. The van der Waals surface area contributed by atoms with E-state index in [0.29, 0.717) is 33.7 Å². The van der Waals surface area contributed by atoms with Crippen molar-refractivity contribution in [1.82, 2.24) is 0 Å². The van der Waals surface area contributed by atoms with Crippen molar-refractivity contribution in [3.05, 3.63) is 92.2 Å². The van der Waals surface area contributed by atoms with Crippen molar-refractivity contribution in [1.29, 1.82) is 0 Å². The predicted octanol–water partition coefficient (Wildman–Crippen LogP) is 6.36. The molecule has 0 radical (unpaired) electrons. The molecule has 3 aromatic rings. The van der Waals surface area contributed by atoms with Gasteiger partial charge in [-0.2, -0.15) is 0 Å². The smallest absolute Gasteiger partial charge is 0.231 e. The Kier molecular flexibility index (Phi) is 5.55. The van der Waals surface area contributed by atoms with E-state index in [4.69, 9.17) is 42.1 Å². The average molecular weight is 469 g/mol. The summed E-state index contributed by atoms with van der Waals surface area (Å²) < 4.78 is 23.0. The molecule has 7 heteroatoms. The first kappa shape index (κ1) is 20.9. The number of rotatable bonds is 4. The van der Waals surface area contributed by atoms with Crippen LogP contribution in [0.5, 0.6) is 17.2 Å². The second-order valence-corrected chi connectivity index (χ2v) is 8.39. The van der Waals surface area contributed by atoms with Gasteiger partial charge in [0.15, 0.2) is 12.6 Å². The molecule has 0 saturated carbocycles. The van der Waals surface area contributed by atoms with Crippen molar-refractivity contribution in [2.24, 2.45) is 0 Å². The van der Waals surface area contributed by atoms with Crippen molar-refractivity contribution >= 4 is 35.1 Å². The lowest BCUT2D eigenvalue weighted by Gasteiger charge is -2.21. The van der Waals surface area contributed by atoms with Crippen LogP contribution in [0, 0.1) is 6.92 Å². The molecule has 0 aliphatic carbocycles. The number of ketones is 1. The van der Waals surface area contributed by atoms with Crippen LogP contribution < -0.4 is 14.2 Å². The van der Waals surface area contributed by atoms with Crippen molar-refractivity contribution < 1.29 is 23.7 Å². The van der Waals surface area contributed by atoms with Gasteiger partial charge in [-0.05, 0) is 55.0 Å². The van der Waals surface area contributed by atoms with E-state index < -0.39 is 0 Å². The van der Waals surface area contributed by atoms with Gasteiger partial charge in [0.05, 0.1) is 12.2 Å². The van der Waals surface area contributed by atoms with E-state index in [1.165, 1.54) is 0 Å². The fourth-order valence-corrected chi connectivity index (χ4v) is 4.25. The normalized spacial score (nSPS) is 15.7.